The van der Waals surface area contributed by atoms with Crippen LogP contribution < -0.4 is 14.2 Å². The standard InChI is InChI=1S/C14H20O3/c1-14(2,3)17-13-9-11(15-4)7-8-12(13)16-10-5-6-10/h7-10H,5-6H2,1-4H3. The quantitative estimate of drug-likeness (QED) is 0.801. The average Bonchev–Trinajstić information content (AvgIpc) is 3.02. The summed E-state index contributed by atoms with van der Waals surface area (Å²) in [5, 5.41) is 0. The van der Waals surface area contributed by atoms with Crippen LogP contribution in [0.25, 0.3) is 0 Å². The summed E-state index contributed by atoms with van der Waals surface area (Å²) < 4.78 is 16.9. The Kier molecular flexibility index (Phi) is 3.18. The molecular formula is C14H20O3. The van der Waals surface area contributed by atoms with Gasteiger partial charge in [0.25, 0.3) is 0 Å². The summed E-state index contributed by atoms with van der Waals surface area (Å²) >= 11 is 0. The Morgan fingerprint density at radius 2 is 1.82 bits per heavy atom. The van der Waals surface area contributed by atoms with E-state index in [9.17, 15) is 0 Å². The summed E-state index contributed by atoms with van der Waals surface area (Å²) in [6.45, 7) is 6.06. The van der Waals surface area contributed by atoms with Crippen molar-refractivity contribution in [2.24, 2.45) is 0 Å². The lowest BCUT2D eigenvalue weighted by atomic mass is 10.2. The van der Waals surface area contributed by atoms with Crippen molar-refractivity contribution in [2.75, 3.05) is 7.11 Å². The Morgan fingerprint density at radius 1 is 1.12 bits per heavy atom. The molecule has 0 amide bonds. The molecule has 1 aliphatic rings. The molecule has 1 fully saturated rings. The maximum atomic E-state index is 5.90. The molecule has 1 aliphatic carbocycles. The first-order chi connectivity index (χ1) is 7.98. The average molecular weight is 236 g/mol. The minimum atomic E-state index is -0.242. The van der Waals surface area contributed by atoms with E-state index in [0.29, 0.717) is 6.10 Å². The van der Waals surface area contributed by atoms with Crippen LogP contribution in [-0.4, -0.2) is 18.8 Å². The second-order valence-electron chi connectivity index (χ2n) is 5.34. The molecule has 0 spiro atoms. The van der Waals surface area contributed by atoms with Gasteiger partial charge in [-0.3, -0.25) is 0 Å². The van der Waals surface area contributed by atoms with Gasteiger partial charge in [-0.1, -0.05) is 0 Å². The lowest BCUT2D eigenvalue weighted by Gasteiger charge is -2.23. The van der Waals surface area contributed by atoms with E-state index in [0.717, 1.165) is 30.1 Å². The molecule has 1 aromatic rings. The van der Waals surface area contributed by atoms with E-state index >= 15 is 0 Å². The smallest absolute Gasteiger partial charge is 0.165 e. The van der Waals surface area contributed by atoms with Gasteiger partial charge in [0.1, 0.15) is 11.4 Å². The molecule has 0 N–H and O–H groups in total. The summed E-state index contributed by atoms with van der Waals surface area (Å²) in [6, 6.07) is 5.69. The number of rotatable bonds is 4. The van der Waals surface area contributed by atoms with Gasteiger partial charge in [0.15, 0.2) is 11.5 Å². The van der Waals surface area contributed by atoms with Gasteiger partial charge in [0, 0.05) is 6.07 Å². The lowest BCUT2D eigenvalue weighted by molar-refractivity contribution is 0.122. The van der Waals surface area contributed by atoms with Crippen molar-refractivity contribution in [1.29, 1.82) is 0 Å². The minimum Gasteiger partial charge on any atom is -0.497 e. The lowest BCUT2D eigenvalue weighted by Crippen LogP contribution is -2.23. The topological polar surface area (TPSA) is 27.7 Å². The SMILES string of the molecule is COc1ccc(OC2CC2)c(OC(C)(C)C)c1. The molecule has 94 valence electrons. The van der Waals surface area contributed by atoms with Crippen molar-refractivity contribution < 1.29 is 14.2 Å². The highest BCUT2D eigenvalue weighted by Gasteiger charge is 2.26. The van der Waals surface area contributed by atoms with Gasteiger partial charge in [-0.15, -0.1) is 0 Å². The highest BCUT2D eigenvalue weighted by atomic mass is 16.5. The molecule has 0 bridgehead atoms. The van der Waals surface area contributed by atoms with Gasteiger partial charge >= 0.3 is 0 Å². The van der Waals surface area contributed by atoms with E-state index < -0.39 is 0 Å². The third-order valence-corrected chi connectivity index (χ3v) is 2.39. The van der Waals surface area contributed by atoms with E-state index in [1.54, 1.807) is 7.11 Å². The normalized spacial score (nSPS) is 15.5. The van der Waals surface area contributed by atoms with Gasteiger partial charge in [0.2, 0.25) is 0 Å². The van der Waals surface area contributed by atoms with Gasteiger partial charge < -0.3 is 14.2 Å². The Hall–Kier alpha value is -1.38. The molecule has 0 saturated heterocycles. The zero-order valence-electron chi connectivity index (χ0n) is 10.9. The number of methoxy groups -OCH3 is 1. The molecule has 0 aromatic heterocycles. The Morgan fingerprint density at radius 3 is 2.35 bits per heavy atom. The van der Waals surface area contributed by atoms with Crippen LogP contribution in [0.1, 0.15) is 33.6 Å². The second-order valence-corrected chi connectivity index (χ2v) is 5.34. The van der Waals surface area contributed by atoms with Crippen LogP contribution in [0.3, 0.4) is 0 Å². The first-order valence-electron chi connectivity index (χ1n) is 6.01. The van der Waals surface area contributed by atoms with Gasteiger partial charge in [-0.25, -0.2) is 0 Å². The zero-order valence-corrected chi connectivity index (χ0v) is 10.9. The zero-order chi connectivity index (χ0) is 12.5. The van der Waals surface area contributed by atoms with Crippen molar-refractivity contribution in [3.63, 3.8) is 0 Å². The first-order valence-corrected chi connectivity index (χ1v) is 6.01. The summed E-state index contributed by atoms with van der Waals surface area (Å²) in [7, 11) is 1.65. The molecule has 0 radical (unpaired) electrons. The third kappa shape index (κ3) is 3.55. The molecule has 0 atom stereocenters. The maximum Gasteiger partial charge on any atom is 0.165 e. The molecule has 0 heterocycles. The van der Waals surface area contributed by atoms with E-state index in [2.05, 4.69) is 0 Å². The molecule has 17 heavy (non-hydrogen) atoms. The Balaban J connectivity index is 2.22. The van der Waals surface area contributed by atoms with Crippen LogP contribution in [0, 0.1) is 0 Å². The highest BCUT2D eigenvalue weighted by Crippen LogP contribution is 2.37. The van der Waals surface area contributed by atoms with E-state index in [-0.39, 0.29) is 5.60 Å². The van der Waals surface area contributed by atoms with Crippen LogP contribution in [-0.2, 0) is 0 Å². The molecule has 1 saturated carbocycles. The van der Waals surface area contributed by atoms with Crippen molar-refractivity contribution in [1.82, 2.24) is 0 Å². The van der Waals surface area contributed by atoms with Gasteiger partial charge in [0.05, 0.1) is 13.2 Å². The van der Waals surface area contributed by atoms with Crippen LogP contribution in [0.5, 0.6) is 17.2 Å². The molecule has 0 aliphatic heterocycles. The van der Waals surface area contributed by atoms with Crippen LogP contribution in [0.15, 0.2) is 18.2 Å². The van der Waals surface area contributed by atoms with Crippen molar-refractivity contribution >= 4 is 0 Å². The van der Waals surface area contributed by atoms with E-state index in [1.807, 2.05) is 39.0 Å². The monoisotopic (exact) mass is 236 g/mol. The Bertz CT molecular complexity index is 389. The van der Waals surface area contributed by atoms with Gasteiger partial charge in [-0.2, -0.15) is 0 Å². The summed E-state index contributed by atoms with van der Waals surface area (Å²) in [5.41, 5.74) is -0.242. The van der Waals surface area contributed by atoms with Crippen molar-refractivity contribution in [2.45, 2.75) is 45.3 Å². The van der Waals surface area contributed by atoms with E-state index in [4.69, 9.17) is 14.2 Å². The minimum absolute atomic E-state index is 0.242. The molecule has 3 nitrogen and oxygen atoms in total. The molecule has 1 aromatic carbocycles. The number of ether oxygens (including phenoxy) is 3. The summed E-state index contributed by atoms with van der Waals surface area (Å²) in [6.07, 6.45) is 2.65. The maximum absolute atomic E-state index is 5.90. The van der Waals surface area contributed by atoms with Crippen LogP contribution in [0.4, 0.5) is 0 Å². The predicted molar refractivity (Wildman–Crippen MR) is 67.0 cm³/mol. The second kappa shape index (κ2) is 4.47. The largest absolute Gasteiger partial charge is 0.497 e. The van der Waals surface area contributed by atoms with E-state index in [1.165, 1.54) is 0 Å². The molecular weight excluding hydrogens is 216 g/mol. The molecule has 3 heteroatoms. The third-order valence-electron chi connectivity index (χ3n) is 2.39. The first kappa shape index (κ1) is 12.1. The van der Waals surface area contributed by atoms with Crippen LogP contribution in [0.2, 0.25) is 0 Å². The van der Waals surface area contributed by atoms with Gasteiger partial charge in [-0.05, 0) is 45.7 Å². The highest BCUT2D eigenvalue weighted by molar-refractivity contribution is 5.46. The Labute approximate surface area is 103 Å². The fourth-order valence-corrected chi connectivity index (χ4v) is 1.49. The number of benzene rings is 1. The summed E-state index contributed by atoms with van der Waals surface area (Å²) in [4.78, 5) is 0. The van der Waals surface area contributed by atoms with Crippen molar-refractivity contribution in [3.05, 3.63) is 18.2 Å². The predicted octanol–water partition coefficient (Wildman–Crippen LogP) is 3.41. The number of hydrogen-bond donors (Lipinski definition) is 0. The number of hydrogen-bond acceptors (Lipinski definition) is 3. The van der Waals surface area contributed by atoms with Crippen LogP contribution >= 0.6 is 0 Å². The molecule has 0 unspecified atom stereocenters. The molecule has 2 rings (SSSR count). The van der Waals surface area contributed by atoms with Crippen molar-refractivity contribution in [3.8, 4) is 17.2 Å². The summed E-state index contributed by atoms with van der Waals surface area (Å²) in [5.74, 6) is 2.35. The fourth-order valence-electron chi connectivity index (χ4n) is 1.49. The fraction of sp³-hybridized carbons (Fsp3) is 0.571.